The van der Waals surface area contributed by atoms with Gasteiger partial charge in [0.15, 0.2) is 31.3 Å². The van der Waals surface area contributed by atoms with Crippen molar-refractivity contribution < 1.29 is 109 Å². The minimum absolute atomic E-state index is 0.719. The summed E-state index contributed by atoms with van der Waals surface area (Å²) in [5, 5.41) is 132. The van der Waals surface area contributed by atoms with Gasteiger partial charge in [0.05, 0.1) is 19.8 Å². The molecule has 4 aliphatic heterocycles. The van der Waals surface area contributed by atoms with Gasteiger partial charge in [-0.05, 0) is 0 Å². The van der Waals surface area contributed by atoms with Crippen LogP contribution < -0.4 is 0 Å². The summed E-state index contributed by atoms with van der Waals surface area (Å²) in [5.74, 6) is -1.54. The average Bonchev–Trinajstić information content (AvgIpc) is 3.04. The van der Waals surface area contributed by atoms with Gasteiger partial charge in [-0.2, -0.15) is 0 Å². The number of rotatable bonds is 11. The summed E-state index contributed by atoms with van der Waals surface area (Å²) < 4.78 is 42.1. The van der Waals surface area contributed by atoms with Crippen molar-refractivity contribution >= 4 is 5.97 Å². The van der Waals surface area contributed by atoms with Gasteiger partial charge in [0, 0.05) is 7.11 Å². The first-order valence-corrected chi connectivity index (χ1v) is 14.5. The van der Waals surface area contributed by atoms with Gasteiger partial charge in [-0.3, -0.25) is 0 Å². The van der Waals surface area contributed by atoms with Gasteiger partial charge < -0.3 is 104 Å². The van der Waals surface area contributed by atoms with Gasteiger partial charge in [-0.25, -0.2) is 4.79 Å². The Morgan fingerprint density at radius 3 is 1.55 bits per heavy atom. The van der Waals surface area contributed by atoms with Crippen molar-refractivity contribution in [2.75, 3.05) is 26.9 Å². The third-order valence-corrected chi connectivity index (χ3v) is 8.38. The zero-order valence-corrected chi connectivity index (χ0v) is 24.7. The number of aliphatic hydroxyl groups excluding tert-OH is 12. The standard InChI is InChI=1S/C25H42O22/c1-40-19-13(32)16(35)24(47-20(19)21(37)38)42-3-6-8(27)11(30)14(33)23(44-6)41-4-7-9(28)12(31)15(34)25(45-7)46-18-10(29)5(2-26)43-22(39)17(18)36/h5-20,22-36,39H,2-4H2,1H3,(H,37,38). The highest BCUT2D eigenvalue weighted by Crippen LogP contribution is 2.31. The number of aliphatic carboxylic acids is 1. The number of aliphatic hydroxyl groups is 12. The van der Waals surface area contributed by atoms with Crippen LogP contribution in [0.4, 0.5) is 0 Å². The van der Waals surface area contributed by atoms with Crippen molar-refractivity contribution in [3.05, 3.63) is 0 Å². The zero-order valence-electron chi connectivity index (χ0n) is 24.7. The quantitative estimate of drug-likeness (QED) is 0.0954. The highest BCUT2D eigenvalue weighted by molar-refractivity contribution is 5.73. The van der Waals surface area contributed by atoms with Crippen LogP contribution in [0.15, 0.2) is 0 Å². The molecule has 4 heterocycles. The summed E-state index contributed by atoms with van der Waals surface area (Å²) in [6.45, 7) is -2.26. The summed E-state index contributed by atoms with van der Waals surface area (Å²) in [6.07, 6.45) is -35.5. The van der Waals surface area contributed by atoms with E-state index < -0.39 is 149 Å². The Kier molecular flexibility index (Phi) is 13.2. The molecule has 0 spiro atoms. The van der Waals surface area contributed by atoms with Crippen LogP contribution in [-0.2, 0) is 42.7 Å². The van der Waals surface area contributed by atoms with Crippen LogP contribution in [0, 0.1) is 0 Å². The fraction of sp³-hybridized carbons (Fsp3) is 0.960. The van der Waals surface area contributed by atoms with E-state index in [1.54, 1.807) is 0 Å². The van der Waals surface area contributed by atoms with Crippen molar-refractivity contribution in [2.45, 2.75) is 123 Å². The van der Waals surface area contributed by atoms with E-state index in [1.807, 2.05) is 0 Å². The van der Waals surface area contributed by atoms with Gasteiger partial charge in [-0.15, -0.1) is 0 Å². The molecule has 13 N–H and O–H groups in total. The molecule has 0 saturated carbocycles. The number of ether oxygens (including phenoxy) is 8. The molecule has 0 aromatic rings. The molecule has 0 bridgehead atoms. The molecule has 0 aliphatic carbocycles. The van der Waals surface area contributed by atoms with Gasteiger partial charge in [0.1, 0.15) is 91.6 Å². The van der Waals surface area contributed by atoms with Crippen molar-refractivity contribution in [1.29, 1.82) is 0 Å². The molecule has 0 radical (unpaired) electrons. The van der Waals surface area contributed by atoms with Crippen molar-refractivity contribution in [1.82, 2.24) is 0 Å². The van der Waals surface area contributed by atoms with Crippen LogP contribution in [-0.4, -0.2) is 222 Å². The molecule has 274 valence electrons. The molecule has 4 saturated heterocycles. The fourth-order valence-corrected chi connectivity index (χ4v) is 5.56. The minimum Gasteiger partial charge on any atom is -0.479 e. The first-order chi connectivity index (χ1) is 22.1. The Bertz CT molecular complexity index is 1010. The van der Waals surface area contributed by atoms with E-state index in [0.717, 1.165) is 7.11 Å². The van der Waals surface area contributed by atoms with E-state index in [2.05, 4.69) is 0 Å². The summed E-state index contributed by atoms with van der Waals surface area (Å²) in [7, 11) is 1.09. The maximum absolute atomic E-state index is 11.5. The second-order valence-corrected chi connectivity index (χ2v) is 11.5. The Balaban J connectivity index is 1.38. The Morgan fingerprint density at radius 2 is 1.04 bits per heavy atom. The van der Waals surface area contributed by atoms with E-state index in [-0.39, 0.29) is 0 Å². The number of methoxy groups -OCH3 is 1. The molecule has 4 aliphatic rings. The summed E-state index contributed by atoms with van der Waals surface area (Å²) in [5.41, 5.74) is 0. The molecular weight excluding hydrogens is 652 g/mol. The van der Waals surface area contributed by atoms with Crippen LogP contribution in [0.1, 0.15) is 0 Å². The SMILES string of the molecule is COC1C(C(=O)O)OC(OCC2OC(OCC3OC(OC4C(O)C(O)OC(CO)C4O)C(O)C(O)C3O)C(O)C(O)C2O)C(O)C1O. The highest BCUT2D eigenvalue weighted by atomic mass is 16.8. The third kappa shape index (κ3) is 8.03. The predicted molar refractivity (Wildman–Crippen MR) is 139 cm³/mol. The van der Waals surface area contributed by atoms with E-state index in [1.165, 1.54) is 0 Å². The molecule has 22 nitrogen and oxygen atoms in total. The lowest BCUT2D eigenvalue weighted by Crippen LogP contribution is -2.65. The first kappa shape index (κ1) is 38.5. The average molecular weight is 695 g/mol. The maximum atomic E-state index is 11.5. The fourth-order valence-electron chi connectivity index (χ4n) is 5.56. The number of carboxylic acids is 1. The largest absolute Gasteiger partial charge is 0.479 e. The molecule has 20 atom stereocenters. The van der Waals surface area contributed by atoms with Crippen molar-refractivity contribution in [2.24, 2.45) is 0 Å². The zero-order chi connectivity index (χ0) is 34.9. The maximum Gasteiger partial charge on any atom is 0.335 e. The molecule has 0 aromatic heterocycles. The second-order valence-electron chi connectivity index (χ2n) is 11.5. The van der Waals surface area contributed by atoms with Gasteiger partial charge in [-0.1, -0.05) is 0 Å². The van der Waals surface area contributed by atoms with E-state index in [4.69, 9.17) is 37.9 Å². The lowest BCUT2D eigenvalue weighted by molar-refractivity contribution is -0.364. The number of hydrogen-bond acceptors (Lipinski definition) is 21. The molecule has 22 heteroatoms. The van der Waals surface area contributed by atoms with Crippen LogP contribution in [0.5, 0.6) is 0 Å². The summed E-state index contributed by atoms with van der Waals surface area (Å²) in [4.78, 5) is 11.5. The van der Waals surface area contributed by atoms with E-state index in [0.29, 0.717) is 0 Å². The monoisotopic (exact) mass is 694 g/mol. The van der Waals surface area contributed by atoms with Crippen molar-refractivity contribution in [3.8, 4) is 0 Å². The topological polar surface area (TPSA) is 354 Å². The molecule has 20 unspecified atom stereocenters. The number of carbonyl (C=O) groups is 1. The predicted octanol–water partition coefficient (Wildman–Crippen LogP) is -9.00. The van der Waals surface area contributed by atoms with Gasteiger partial charge in [0.25, 0.3) is 0 Å². The molecular formula is C25H42O22. The molecule has 0 aromatic carbocycles. The van der Waals surface area contributed by atoms with Crippen LogP contribution >= 0.6 is 0 Å². The summed E-state index contributed by atoms with van der Waals surface area (Å²) >= 11 is 0. The molecule has 47 heavy (non-hydrogen) atoms. The second kappa shape index (κ2) is 16.1. The van der Waals surface area contributed by atoms with Crippen LogP contribution in [0.2, 0.25) is 0 Å². The number of carboxylic acid groups (broad SMARTS) is 1. The van der Waals surface area contributed by atoms with Crippen molar-refractivity contribution in [3.63, 3.8) is 0 Å². The lowest BCUT2D eigenvalue weighted by atomic mass is 9.97. The van der Waals surface area contributed by atoms with E-state index in [9.17, 15) is 71.2 Å². The van der Waals surface area contributed by atoms with Gasteiger partial charge >= 0.3 is 5.97 Å². The lowest BCUT2D eigenvalue weighted by Gasteiger charge is -2.46. The highest BCUT2D eigenvalue weighted by Gasteiger charge is 2.52. The summed E-state index contributed by atoms with van der Waals surface area (Å²) in [6, 6.07) is 0. The van der Waals surface area contributed by atoms with E-state index >= 15 is 0 Å². The Morgan fingerprint density at radius 1 is 0.553 bits per heavy atom. The molecule has 4 rings (SSSR count). The first-order valence-electron chi connectivity index (χ1n) is 14.5. The Labute approximate surface area is 265 Å². The molecule has 0 amide bonds. The van der Waals surface area contributed by atoms with Gasteiger partial charge in [0.2, 0.25) is 0 Å². The van der Waals surface area contributed by atoms with Crippen LogP contribution in [0.25, 0.3) is 0 Å². The normalized spacial score (nSPS) is 51.1. The number of hydrogen-bond donors (Lipinski definition) is 13. The molecule has 4 fully saturated rings. The smallest absolute Gasteiger partial charge is 0.335 e. The minimum atomic E-state index is -1.97. The Hall–Kier alpha value is -1.33. The third-order valence-electron chi connectivity index (χ3n) is 8.38. The van der Waals surface area contributed by atoms with Crippen LogP contribution in [0.3, 0.4) is 0 Å².